The van der Waals surface area contributed by atoms with Gasteiger partial charge in [0.1, 0.15) is 12.0 Å². The van der Waals surface area contributed by atoms with Gasteiger partial charge in [-0.05, 0) is 42.0 Å². The first-order valence-electron chi connectivity index (χ1n) is 7.57. The van der Waals surface area contributed by atoms with Gasteiger partial charge in [-0.15, -0.1) is 0 Å². The number of carbonyl (C=O) groups is 1. The SMILES string of the molecule is O=C1O[C@@H](CCCCc2cccc3ccccc23)[C@@H]1CO. The van der Waals surface area contributed by atoms with Gasteiger partial charge >= 0.3 is 5.97 Å². The number of unbranched alkanes of at least 4 members (excludes halogenated alkanes) is 1. The number of aliphatic hydroxyl groups is 1. The zero-order valence-corrected chi connectivity index (χ0v) is 12.0. The second kappa shape index (κ2) is 6.27. The molecule has 1 aliphatic heterocycles. The highest BCUT2D eigenvalue weighted by atomic mass is 16.6. The predicted molar refractivity (Wildman–Crippen MR) is 82.0 cm³/mol. The third-order valence-electron chi connectivity index (χ3n) is 4.28. The number of aryl methyl sites for hydroxylation is 1. The van der Waals surface area contributed by atoms with E-state index in [1.165, 1.54) is 16.3 Å². The minimum Gasteiger partial charge on any atom is -0.461 e. The molecular formula is C18H20O3. The van der Waals surface area contributed by atoms with Gasteiger partial charge in [0.25, 0.3) is 0 Å². The molecule has 2 aromatic carbocycles. The Kier molecular flexibility index (Phi) is 4.20. The van der Waals surface area contributed by atoms with Gasteiger partial charge in [-0.3, -0.25) is 4.79 Å². The van der Waals surface area contributed by atoms with Crippen LogP contribution in [-0.4, -0.2) is 23.8 Å². The lowest BCUT2D eigenvalue weighted by molar-refractivity contribution is -0.189. The van der Waals surface area contributed by atoms with E-state index < -0.39 is 0 Å². The highest BCUT2D eigenvalue weighted by Crippen LogP contribution is 2.27. The highest BCUT2D eigenvalue weighted by molar-refractivity contribution is 5.85. The van der Waals surface area contributed by atoms with Crippen LogP contribution in [0.4, 0.5) is 0 Å². The Labute approximate surface area is 124 Å². The maximum absolute atomic E-state index is 11.1. The van der Waals surface area contributed by atoms with E-state index in [4.69, 9.17) is 9.84 Å². The topological polar surface area (TPSA) is 46.5 Å². The molecule has 3 heteroatoms. The van der Waals surface area contributed by atoms with Gasteiger partial charge < -0.3 is 9.84 Å². The number of fused-ring (bicyclic) bond motifs is 1. The normalized spacial score (nSPS) is 21.1. The van der Waals surface area contributed by atoms with Crippen LogP contribution in [0.1, 0.15) is 24.8 Å². The summed E-state index contributed by atoms with van der Waals surface area (Å²) in [7, 11) is 0. The van der Waals surface area contributed by atoms with Crippen LogP contribution in [0.25, 0.3) is 10.8 Å². The summed E-state index contributed by atoms with van der Waals surface area (Å²) in [5.41, 5.74) is 1.37. The molecule has 0 saturated carbocycles. The van der Waals surface area contributed by atoms with Crippen molar-refractivity contribution >= 4 is 16.7 Å². The zero-order chi connectivity index (χ0) is 14.7. The van der Waals surface area contributed by atoms with Gasteiger partial charge in [-0.2, -0.15) is 0 Å². The first-order valence-corrected chi connectivity index (χ1v) is 7.57. The Bertz CT molecular complexity index is 630. The minimum absolute atomic E-state index is 0.0741. The summed E-state index contributed by atoms with van der Waals surface area (Å²) in [6.07, 6.45) is 3.89. The summed E-state index contributed by atoms with van der Waals surface area (Å²) in [5, 5.41) is 11.7. The van der Waals surface area contributed by atoms with Gasteiger partial charge in [0.2, 0.25) is 0 Å². The number of hydrogen-bond acceptors (Lipinski definition) is 3. The average molecular weight is 284 g/mol. The van der Waals surface area contributed by atoms with Crippen molar-refractivity contribution in [1.29, 1.82) is 0 Å². The van der Waals surface area contributed by atoms with Crippen molar-refractivity contribution in [3.05, 3.63) is 48.0 Å². The molecule has 3 rings (SSSR count). The number of esters is 1. The average Bonchev–Trinajstić information content (AvgIpc) is 2.50. The maximum atomic E-state index is 11.1. The molecule has 0 bridgehead atoms. The second-order valence-corrected chi connectivity index (χ2v) is 5.65. The van der Waals surface area contributed by atoms with E-state index in [0.717, 1.165) is 25.7 Å². The van der Waals surface area contributed by atoms with E-state index in [2.05, 4.69) is 42.5 Å². The molecule has 1 heterocycles. The lowest BCUT2D eigenvalue weighted by Crippen LogP contribution is -2.47. The van der Waals surface area contributed by atoms with Crippen LogP contribution in [0.5, 0.6) is 0 Å². The van der Waals surface area contributed by atoms with Crippen molar-refractivity contribution in [1.82, 2.24) is 0 Å². The summed E-state index contributed by atoms with van der Waals surface area (Å²) in [6.45, 7) is -0.0905. The summed E-state index contributed by atoms with van der Waals surface area (Å²) in [6, 6.07) is 14.9. The van der Waals surface area contributed by atoms with Crippen molar-refractivity contribution in [3.8, 4) is 0 Å². The Morgan fingerprint density at radius 1 is 1.05 bits per heavy atom. The largest absolute Gasteiger partial charge is 0.461 e. The molecule has 1 aliphatic rings. The molecule has 0 unspecified atom stereocenters. The standard InChI is InChI=1S/C18H20O3/c19-12-16-17(21-18(16)20)11-4-2-7-14-9-5-8-13-6-1-3-10-15(13)14/h1,3,5-6,8-10,16-17,19H,2,4,7,11-12H2/t16-,17-/m0/s1. The fourth-order valence-electron chi connectivity index (χ4n) is 3.02. The third-order valence-corrected chi connectivity index (χ3v) is 4.28. The van der Waals surface area contributed by atoms with Crippen molar-refractivity contribution in [2.24, 2.45) is 5.92 Å². The van der Waals surface area contributed by atoms with Crippen LogP contribution in [0.3, 0.4) is 0 Å². The molecule has 1 saturated heterocycles. The van der Waals surface area contributed by atoms with Gasteiger partial charge in [-0.25, -0.2) is 0 Å². The Balaban J connectivity index is 1.52. The monoisotopic (exact) mass is 284 g/mol. The molecule has 2 atom stereocenters. The first-order chi connectivity index (χ1) is 10.3. The van der Waals surface area contributed by atoms with Crippen molar-refractivity contribution < 1.29 is 14.6 Å². The molecule has 0 amide bonds. The van der Waals surface area contributed by atoms with Crippen molar-refractivity contribution in [3.63, 3.8) is 0 Å². The summed E-state index contributed by atoms with van der Waals surface area (Å²) in [5.74, 6) is -0.542. The van der Waals surface area contributed by atoms with E-state index >= 15 is 0 Å². The molecule has 2 aromatic rings. The highest BCUT2D eigenvalue weighted by Gasteiger charge is 2.40. The van der Waals surface area contributed by atoms with Gasteiger partial charge in [0.05, 0.1) is 6.61 Å². The number of benzene rings is 2. The number of rotatable bonds is 6. The molecule has 0 aliphatic carbocycles. The molecule has 110 valence electrons. The third kappa shape index (κ3) is 2.93. The van der Waals surface area contributed by atoms with Crippen molar-refractivity contribution in [2.75, 3.05) is 6.61 Å². The van der Waals surface area contributed by atoms with Crippen LogP contribution < -0.4 is 0 Å². The number of cyclic esters (lactones) is 1. The first kappa shape index (κ1) is 14.1. The Morgan fingerprint density at radius 3 is 2.67 bits per heavy atom. The second-order valence-electron chi connectivity index (χ2n) is 5.65. The molecule has 21 heavy (non-hydrogen) atoms. The molecule has 0 radical (unpaired) electrons. The number of hydrogen-bond donors (Lipinski definition) is 1. The molecule has 1 N–H and O–H groups in total. The number of aliphatic hydroxyl groups excluding tert-OH is 1. The minimum atomic E-state index is -0.289. The fourth-order valence-corrected chi connectivity index (χ4v) is 3.02. The van der Waals surface area contributed by atoms with Gasteiger partial charge in [-0.1, -0.05) is 42.5 Å². The zero-order valence-electron chi connectivity index (χ0n) is 12.0. The van der Waals surface area contributed by atoms with Crippen LogP contribution >= 0.6 is 0 Å². The summed E-state index contributed by atoms with van der Waals surface area (Å²) < 4.78 is 5.07. The predicted octanol–water partition coefficient (Wildman–Crippen LogP) is 3.09. The van der Waals surface area contributed by atoms with Crippen molar-refractivity contribution in [2.45, 2.75) is 31.8 Å². The smallest absolute Gasteiger partial charge is 0.315 e. The van der Waals surface area contributed by atoms with Crippen LogP contribution in [-0.2, 0) is 16.0 Å². The molecule has 3 nitrogen and oxygen atoms in total. The van der Waals surface area contributed by atoms with Gasteiger partial charge in [0, 0.05) is 0 Å². The molecule has 1 fully saturated rings. The number of carbonyl (C=O) groups excluding carboxylic acids is 1. The lowest BCUT2D eigenvalue weighted by atomic mass is 9.92. The van der Waals surface area contributed by atoms with E-state index in [9.17, 15) is 4.79 Å². The summed E-state index contributed by atoms with van der Waals surface area (Å²) in [4.78, 5) is 11.1. The van der Waals surface area contributed by atoms with E-state index in [1.807, 2.05) is 0 Å². The molecule has 0 spiro atoms. The summed E-state index contributed by atoms with van der Waals surface area (Å²) >= 11 is 0. The Hall–Kier alpha value is -1.87. The van der Waals surface area contributed by atoms with E-state index in [1.54, 1.807) is 0 Å². The molecular weight excluding hydrogens is 264 g/mol. The lowest BCUT2D eigenvalue weighted by Gasteiger charge is -2.33. The van der Waals surface area contributed by atoms with Crippen LogP contribution in [0.15, 0.2) is 42.5 Å². The Morgan fingerprint density at radius 2 is 1.86 bits per heavy atom. The van der Waals surface area contributed by atoms with E-state index in [-0.39, 0.29) is 24.6 Å². The fraction of sp³-hybridized carbons (Fsp3) is 0.389. The number of ether oxygens (including phenoxy) is 1. The quantitative estimate of drug-likeness (QED) is 0.655. The maximum Gasteiger partial charge on any atom is 0.315 e. The molecule has 0 aromatic heterocycles. The van der Waals surface area contributed by atoms with E-state index in [0.29, 0.717) is 0 Å². The van der Waals surface area contributed by atoms with Gasteiger partial charge in [0.15, 0.2) is 0 Å². The van der Waals surface area contributed by atoms with Crippen LogP contribution in [0.2, 0.25) is 0 Å². The van der Waals surface area contributed by atoms with Crippen LogP contribution in [0, 0.1) is 5.92 Å².